The minimum atomic E-state index is 0.745. The zero-order chi connectivity index (χ0) is 17.9. The molecule has 1 aliphatic heterocycles. The summed E-state index contributed by atoms with van der Waals surface area (Å²) in [4.78, 5) is 2.32. The molecule has 5 nitrogen and oxygen atoms in total. The van der Waals surface area contributed by atoms with E-state index in [0.29, 0.717) is 0 Å². The zero-order valence-corrected chi connectivity index (χ0v) is 15.9. The van der Waals surface area contributed by atoms with Gasteiger partial charge in [0.05, 0.1) is 18.2 Å². The molecule has 0 radical (unpaired) electrons. The van der Waals surface area contributed by atoms with Gasteiger partial charge in [-0.2, -0.15) is 5.26 Å². The third-order valence-electron chi connectivity index (χ3n) is 4.69. The molecule has 0 amide bonds. The van der Waals surface area contributed by atoms with Gasteiger partial charge >= 0.3 is 0 Å². The summed E-state index contributed by atoms with van der Waals surface area (Å²) in [6.45, 7) is 3.32. The SMILES string of the molecule is N#Cc1ccccc1CN1CCn2c(Cc3cccc(Br)c3)nnc2C1. The number of nitriles is 1. The van der Waals surface area contributed by atoms with Crippen LogP contribution >= 0.6 is 15.9 Å². The van der Waals surface area contributed by atoms with E-state index >= 15 is 0 Å². The average molecular weight is 408 g/mol. The number of hydrogen-bond donors (Lipinski definition) is 0. The van der Waals surface area contributed by atoms with Gasteiger partial charge in [-0.15, -0.1) is 10.2 Å². The fourth-order valence-corrected chi connectivity index (χ4v) is 3.82. The van der Waals surface area contributed by atoms with Gasteiger partial charge in [0.15, 0.2) is 0 Å². The van der Waals surface area contributed by atoms with Crippen molar-refractivity contribution in [2.45, 2.75) is 26.1 Å². The van der Waals surface area contributed by atoms with E-state index in [1.54, 1.807) is 0 Å². The van der Waals surface area contributed by atoms with Crippen molar-refractivity contribution in [3.8, 4) is 6.07 Å². The lowest BCUT2D eigenvalue weighted by atomic mass is 10.1. The van der Waals surface area contributed by atoms with Crippen LogP contribution in [0, 0.1) is 11.3 Å². The van der Waals surface area contributed by atoms with E-state index in [4.69, 9.17) is 0 Å². The van der Waals surface area contributed by atoms with Gasteiger partial charge in [-0.3, -0.25) is 4.90 Å². The van der Waals surface area contributed by atoms with Crippen LogP contribution in [0.15, 0.2) is 53.0 Å². The molecule has 0 fully saturated rings. The summed E-state index contributed by atoms with van der Waals surface area (Å²) in [6.07, 6.45) is 0.781. The maximum Gasteiger partial charge on any atom is 0.147 e. The van der Waals surface area contributed by atoms with Gasteiger partial charge in [-0.1, -0.05) is 46.3 Å². The molecule has 130 valence electrons. The zero-order valence-electron chi connectivity index (χ0n) is 14.3. The maximum atomic E-state index is 9.27. The largest absolute Gasteiger partial charge is 0.312 e. The third kappa shape index (κ3) is 3.55. The van der Waals surface area contributed by atoms with Crippen LogP contribution in [0.2, 0.25) is 0 Å². The molecule has 0 N–H and O–H groups in total. The molecule has 0 atom stereocenters. The van der Waals surface area contributed by atoms with Gasteiger partial charge in [0.2, 0.25) is 0 Å². The summed E-state index contributed by atoms with van der Waals surface area (Å²) in [5, 5.41) is 18.1. The molecular weight excluding hydrogens is 390 g/mol. The van der Waals surface area contributed by atoms with Crippen LogP contribution in [-0.2, 0) is 26.1 Å². The maximum absolute atomic E-state index is 9.27. The number of halogens is 1. The van der Waals surface area contributed by atoms with Gasteiger partial charge in [-0.25, -0.2) is 0 Å². The lowest BCUT2D eigenvalue weighted by Gasteiger charge is -2.28. The predicted molar refractivity (Wildman–Crippen MR) is 102 cm³/mol. The Morgan fingerprint density at radius 2 is 1.96 bits per heavy atom. The Bertz CT molecular complexity index is 972. The molecule has 0 aliphatic carbocycles. The van der Waals surface area contributed by atoms with Crippen molar-refractivity contribution >= 4 is 15.9 Å². The quantitative estimate of drug-likeness (QED) is 0.663. The Morgan fingerprint density at radius 1 is 1.08 bits per heavy atom. The van der Waals surface area contributed by atoms with Gasteiger partial charge in [0.25, 0.3) is 0 Å². The fourth-order valence-electron chi connectivity index (χ4n) is 3.37. The molecule has 4 rings (SSSR count). The van der Waals surface area contributed by atoms with Crippen LogP contribution in [-0.4, -0.2) is 26.2 Å². The highest BCUT2D eigenvalue weighted by Crippen LogP contribution is 2.20. The molecule has 2 heterocycles. The highest BCUT2D eigenvalue weighted by molar-refractivity contribution is 9.10. The molecule has 0 saturated carbocycles. The Labute approximate surface area is 161 Å². The third-order valence-corrected chi connectivity index (χ3v) is 5.19. The van der Waals surface area contributed by atoms with E-state index in [1.165, 1.54) is 5.56 Å². The van der Waals surface area contributed by atoms with Gasteiger partial charge in [-0.05, 0) is 29.3 Å². The van der Waals surface area contributed by atoms with Crippen LogP contribution in [0.1, 0.15) is 28.3 Å². The molecule has 2 aromatic carbocycles. The first-order chi connectivity index (χ1) is 12.7. The van der Waals surface area contributed by atoms with Crippen molar-refractivity contribution in [3.63, 3.8) is 0 Å². The molecule has 0 bridgehead atoms. The minimum Gasteiger partial charge on any atom is -0.312 e. The lowest BCUT2D eigenvalue weighted by molar-refractivity contribution is 0.207. The molecule has 26 heavy (non-hydrogen) atoms. The number of benzene rings is 2. The van der Waals surface area contributed by atoms with E-state index < -0.39 is 0 Å². The van der Waals surface area contributed by atoms with Gasteiger partial charge in [0, 0.05) is 30.5 Å². The average Bonchev–Trinajstić information content (AvgIpc) is 3.04. The Hall–Kier alpha value is -2.49. The summed E-state index contributed by atoms with van der Waals surface area (Å²) in [5.41, 5.74) is 3.03. The van der Waals surface area contributed by atoms with Crippen LogP contribution in [0.4, 0.5) is 0 Å². The second-order valence-electron chi connectivity index (χ2n) is 6.47. The Kier molecular flexibility index (Phi) is 4.83. The first kappa shape index (κ1) is 17.0. The monoisotopic (exact) mass is 407 g/mol. The minimum absolute atomic E-state index is 0.745. The van der Waals surface area contributed by atoms with Crippen LogP contribution < -0.4 is 0 Å². The van der Waals surface area contributed by atoms with Crippen molar-refractivity contribution < 1.29 is 0 Å². The van der Waals surface area contributed by atoms with Crippen LogP contribution in [0.25, 0.3) is 0 Å². The number of aromatic nitrogens is 3. The second-order valence-corrected chi connectivity index (χ2v) is 7.39. The van der Waals surface area contributed by atoms with E-state index in [1.807, 2.05) is 36.4 Å². The van der Waals surface area contributed by atoms with Crippen molar-refractivity contribution in [3.05, 3.63) is 81.3 Å². The lowest BCUT2D eigenvalue weighted by Crippen LogP contribution is -2.34. The summed E-state index contributed by atoms with van der Waals surface area (Å²) in [6, 6.07) is 18.4. The standard InChI is InChI=1S/C20H18BrN5/c21-18-7-3-4-15(10-18)11-19-23-24-20-14-25(8-9-26(19)20)13-17-6-2-1-5-16(17)12-22/h1-7,10H,8-9,11,13-14H2. The van der Waals surface area contributed by atoms with E-state index in [-0.39, 0.29) is 0 Å². The molecule has 1 aromatic heterocycles. The first-order valence-electron chi connectivity index (χ1n) is 8.58. The van der Waals surface area contributed by atoms with Gasteiger partial charge < -0.3 is 4.57 Å². The number of hydrogen-bond acceptors (Lipinski definition) is 4. The van der Waals surface area contributed by atoms with Crippen molar-refractivity contribution in [2.24, 2.45) is 0 Å². The summed E-state index contributed by atoms with van der Waals surface area (Å²) in [5.74, 6) is 2.01. The molecule has 0 unspecified atom stereocenters. The summed E-state index contributed by atoms with van der Waals surface area (Å²) >= 11 is 3.52. The Balaban J connectivity index is 1.49. The second kappa shape index (κ2) is 7.40. The molecule has 3 aromatic rings. The summed E-state index contributed by atoms with van der Waals surface area (Å²) in [7, 11) is 0. The molecule has 1 aliphatic rings. The predicted octanol–water partition coefficient (Wildman–Crippen LogP) is 3.52. The normalized spacial score (nSPS) is 14.0. The Morgan fingerprint density at radius 3 is 2.81 bits per heavy atom. The number of fused-ring (bicyclic) bond motifs is 1. The van der Waals surface area contributed by atoms with Crippen LogP contribution in [0.3, 0.4) is 0 Å². The van der Waals surface area contributed by atoms with E-state index in [9.17, 15) is 5.26 Å². The van der Waals surface area contributed by atoms with Crippen molar-refractivity contribution in [1.29, 1.82) is 5.26 Å². The summed E-state index contributed by atoms with van der Waals surface area (Å²) < 4.78 is 3.31. The van der Waals surface area contributed by atoms with Gasteiger partial charge in [0.1, 0.15) is 11.6 Å². The highest BCUT2D eigenvalue weighted by atomic mass is 79.9. The number of rotatable bonds is 4. The fraction of sp³-hybridized carbons (Fsp3) is 0.250. The molecular formula is C20H18BrN5. The number of nitrogens with zero attached hydrogens (tertiary/aromatic N) is 5. The van der Waals surface area contributed by atoms with E-state index in [0.717, 1.165) is 59.8 Å². The highest BCUT2D eigenvalue weighted by Gasteiger charge is 2.21. The van der Waals surface area contributed by atoms with Crippen molar-refractivity contribution in [2.75, 3.05) is 6.54 Å². The first-order valence-corrected chi connectivity index (χ1v) is 9.38. The molecule has 0 spiro atoms. The molecule has 0 saturated heterocycles. The smallest absolute Gasteiger partial charge is 0.147 e. The van der Waals surface area contributed by atoms with E-state index in [2.05, 4.69) is 53.8 Å². The molecule has 6 heteroatoms. The topological polar surface area (TPSA) is 57.7 Å². The van der Waals surface area contributed by atoms with Crippen molar-refractivity contribution in [1.82, 2.24) is 19.7 Å². The van der Waals surface area contributed by atoms with Crippen LogP contribution in [0.5, 0.6) is 0 Å².